The number of hydrogen-bond acceptors (Lipinski definition) is 2. The average molecular weight is 231 g/mol. The number of hydrogen-bond donors (Lipinski definition) is 1. The molecular weight excluding hydrogens is 218 g/mol. The predicted molar refractivity (Wildman–Crippen MR) is 71.1 cm³/mol. The van der Waals surface area contributed by atoms with Crippen molar-refractivity contribution in [1.82, 2.24) is 0 Å². The van der Waals surface area contributed by atoms with Crippen LogP contribution in [0.2, 0.25) is 0 Å². The second-order valence-electron chi connectivity index (χ2n) is 3.37. The molecule has 0 atom stereocenters. The monoisotopic (exact) mass is 231 g/mol. The SMILES string of the molecule is CCSC(=O)Nc1cccc2ccccc12. The van der Waals surface area contributed by atoms with Crippen LogP contribution in [0.1, 0.15) is 6.92 Å². The third kappa shape index (κ3) is 2.36. The van der Waals surface area contributed by atoms with E-state index in [9.17, 15) is 4.79 Å². The molecule has 0 aliphatic carbocycles. The van der Waals surface area contributed by atoms with Crippen LogP contribution in [0.15, 0.2) is 42.5 Å². The molecule has 3 heteroatoms. The van der Waals surface area contributed by atoms with E-state index in [1.807, 2.05) is 49.4 Å². The van der Waals surface area contributed by atoms with Gasteiger partial charge in [-0.1, -0.05) is 55.1 Å². The van der Waals surface area contributed by atoms with E-state index < -0.39 is 0 Å². The zero-order valence-corrected chi connectivity index (χ0v) is 9.88. The molecule has 0 heterocycles. The van der Waals surface area contributed by atoms with Gasteiger partial charge in [0.15, 0.2) is 0 Å². The van der Waals surface area contributed by atoms with Crippen molar-refractivity contribution in [2.75, 3.05) is 11.1 Å². The normalized spacial score (nSPS) is 10.3. The van der Waals surface area contributed by atoms with Crippen LogP contribution < -0.4 is 5.32 Å². The molecule has 0 aliphatic heterocycles. The number of nitrogens with one attached hydrogen (secondary N) is 1. The number of benzene rings is 2. The van der Waals surface area contributed by atoms with Gasteiger partial charge in [0, 0.05) is 11.1 Å². The Morgan fingerprint density at radius 3 is 2.75 bits per heavy atom. The Morgan fingerprint density at radius 2 is 1.94 bits per heavy atom. The molecule has 0 spiro atoms. The van der Waals surface area contributed by atoms with Crippen LogP contribution in [-0.4, -0.2) is 11.0 Å². The minimum atomic E-state index is -0.00106. The molecule has 0 saturated heterocycles. The molecule has 1 N–H and O–H groups in total. The van der Waals surface area contributed by atoms with Crippen molar-refractivity contribution in [3.63, 3.8) is 0 Å². The number of anilines is 1. The highest BCUT2D eigenvalue weighted by atomic mass is 32.2. The summed E-state index contributed by atoms with van der Waals surface area (Å²) in [6, 6.07) is 13.9. The maximum absolute atomic E-state index is 11.5. The van der Waals surface area contributed by atoms with Crippen molar-refractivity contribution < 1.29 is 4.79 Å². The van der Waals surface area contributed by atoms with Crippen LogP contribution in [0.3, 0.4) is 0 Å². The van der Waals surface area contributed by atoms with Crippen molar-refractivity contribution in [1.29, 1.82) is 0 Å². The summed E-state index contributed by atoms with van der Waals surface area (Å²) in [5, 5.41) is 5.13. The molecule has 2 rings (SSSR count). The first-order chi connectivity index (χ1) is 7.81. The Morgan fingerprint density at radius 1 is 1.19 bits per heavy atom. The number of carbonyl (C=O) groups excluding carboxylic acids is 1. The maximum atomic E-state index is 11.5. The van der Waals surface area contributed by atoms with Gasteiger partial charge in [0.2, 0.25) is 0 Å². The van der Waals surface area contributed by atoms with E-state index in [2.05, 4.69) is 5.32 Å². The van der Waals surface area contributed by atoms with Crippen molar-refractivity contribution in [3.05, 3.63) is 42.5 Å². The van der Waals surface area contributed by atoms with Crippen molar-refractivity contribution in [2.24, 2.45) is 0 Å². The molecule has 2 aromatic rings. The van der Waals surface area contributed by atoms with E-state index in [1.165, 1.54) is 11.8 Å². The Labute approximate surface area is 99.0 Å². The first kappa shape index (κ1) is 11.0. The Balaban J connectivity index is 2.33. The largest absolute Gasteiger partial charge is 0.316 e. The lowest BCUT2D eigenvalue weighted by molar-refractivity contribution is 0.270. The van der Waals surface area contributed by atoms with E-state index in [1.54, 1.807) is 0 Å². The lowest BCUT2D eigenvalue weighted by atomic mass is 10.1. The van der Waals surface area contributed by atoms with Crippen LogP contribution in [0.5, 0.6) is 0 Å². The summed E-state index contributed by atoms with van der Waals surface area (Å²) in [6.45, 7) is 1.97. The molecule has 16 heavy (non-hydrogen) atoms. The number of fused-ring (bicyclic) bond motifs is 1. The van der Waals surface area contributed by atoms with E-state index >= 15 is 0 Å². The van der Waals surface area contributed by atoms with Gasteiger partial charge >= 0.3 is 0 Å². The van der Waals surface area contributed by atoms with Crippen LogP contribution in [0.25, 0.3) is 10.8 Å². The molecule has 2 nitrogen and oxygen atoms in total. The highest BCUT2D eigenvalue weighted by Gasteiger charge is 2.04. The minimum absolute atomic E-state index is 0.00106. The van der Waals surface area contributed by atoms with Gasteiger partial charge in [0.1, 0.15) is 0 Å². The topological polar surface area (TPSA) is 29.1 Å². The lowest BCUT2D eigenvalue weighted by Gasteiger charge is -2.07. The molecular formula is C13H13NOS. The van der Waals surface area contributed by atoms with Crippen molar-refractivity contribution >= 4 is 33.5 Å². The second kappa shape index (κ2) is 5.03. The van der Waals surface area contributed by atoms with Crippen LogP contribution >= 0.6 is 11.8 Å². The van der Waals surface area contributed by atoms with Gasteiger partial charge in [-0.3, -0.25) is 4.79 Å². The molecule has 2 aromatic carbocycles. The number of carbonyl (C=O) groups is 1. The van der Waals surface area contributed by atoms with E-state index in [0.29, 0.717) is 0 Å². The molecule has 82 valence electrons. The van der Waals surface area contributed by atoms with Gasteiger partial charge in [-0.2, -0.15) is 0 Å². The summed E-state index contributed by atoms with van der Waals surface area (Å²) in [5.41, 5.74) is 0.879. The highest BCUT2D eigenvalue weighted by molar-refractivity contribution is 8.13. The molecule has 0 unspecified atom stereocenters. The van der Waals surface area contributed by atoms with Crippen molar-refractivity contribution in [2.45, 2.75) is 6.92 Å². The maximum Gasteiger partial charge on any atom is 0.283 e. The molecule has 1 amide bonds. The van der Waals surface area contributed by atoms with Crippen LogP contribution in [-0.2, 0) is 0 Å². The molecule has 0 bridgehead atoms. The minimum Gasteiger partial charge on any atom is -0.316 e. The fraction of sp³-hybridized carbons (Fsp3) is 0.154. The fourth-order valence-electron chi connectivity index (χ4n) is 1.61. The number of thioether (sulfide) groups is 1. The zero-order chi connectivity index (χ0) is 11.4. The number of rotatable bonds is 2. The van der Waals surface area contributed by atoms with Gasteiger partial charge in [0.25, 0.3) is 5.24 Å². The third-order valence-electron chi connectivity index (χ3n) is 2.30. The first-order valence-electron chi connectivity index (χ1n) is 5.23. The van der Waals surface area contributed by atoms with Gasteiger partial charge in [-0.25, -0.2) is 0 Å². The summed E-state index contributed by atoms with van der Waals surface area (Å²) >= 11 is 1.28. The second-order valence-corrected chi connectivity index (χ2v) is 4.61. The average Bonchev–Trinajstić information content (AvgIpc) is 2.30. The first-order valence-corrected chi connectivity index (χ1v) is 6.21. The molecule has 0 saturated carbocycles. The smallest absolute Gasteiger partial charge is 0.283 e. The third-order valence-corrected chi connectivity index (χ3v) is 2.95. The lowest BCUT2D eigenvalue weighted by Crippen LogP contribution is -2.05. The molecule has 0 fully saturated rings. The molecule has 0 aliphatic rings. The Bertz CT molecular complexity index is 505. The summed E-state index contributed by atoms with van der Waals surface area (Å²) < 4.78 is 0. The molecule has 0 aromatic heterocycles. The van der Waals surface area contributed by atoms with Gasteiger partial charge in [0.05, 0.1) is 0 Å². The van der Waals surface area contributed by atoms with E-state index in [0.717, 1.165) is 22.2 Å². The summed E-state index contributed by atoms with van der Waals surface area (Å²) in [5.74, 6) is 0.788. The van der Waals surface area contributed by atoms with Crippen molar-refractivity contribution in [3.8, 4) is 0 Å². The predicted octanol–water partition coefficient (Wildman–Crippen LogP) is 4.12. The Kier molecular flexibility index (Phi) is 3.47. The van der Waals surface area contributed by atoms with E-state index in [-0.39, 0.29) is 5.24 Å². The highest BCUT2D eigenvalue weighted by Crippen LogP contribution is 2.23. The van der Waals surface area contributed by atoms with E-state index in [4.69, 9.17) is 0 Å². The molecule has 0 radical (unpaired) electrons. The van der Waals surface area contributed by atoms with Gasteiger partial charge in [-0.15, -0.1) is 0 Å². The fourth-order valence-corrected chi connectivity index (χ4v) is 2.06. The van der Waals surface area contributed by atoms with Crippen LogP contribution in [0, 0.1) is 0 Å². The summed E-state index contributed by atoms with van der Waals surface area (Å²) in [7, 11) is 0. The summed E-state index contributed by atoms with van der Waals surface area (Å²) in [6.07, 6.45) is 0. The summed E-state index contributed by atoms with van der Waals surface area (Å²) in [4.78, 5) is 11.5. The number of amides is 1. The quantitative estimate of drug-likeness (QED) is 0.842. The standard InChI is InChI=1S/C13H13NOS/c1-2-16-13(15)14-12-9-5-7-10-6-3-4-8-11(10)12/h3-9H,2H2,1H3,(H,14,15). The van der Waals surface area contributed by atoms with Gasteiger partial charge in [-0.05, 0) is 17.2 Å². The Hall–Kier alpha value is -1.48. The zero-order valence-electron chi connectivity index (χ0n) is 9.07. The van der Waals surface area contributed by atoms with Gasteiger partial charge < -0.3 is 5.32 Å². The van der Waals surface area contributed by atoms with Crippen LogP contribution in [0.4, 0.5) is 10.5 Å².